The van der Waals surface area contributed by atoms with Gasteiger partial charge in [0.05, 0.1) is 0 Å². The molecule has 0 nitrogen and oxygen atoms in total. The SMILES string of the molecule is CC1=C(C(C)CC2=CC=C(Cl)CC2)C=CCC1. The van der Waals surface area contributed by atoms with Gasteiger partial charge in [-0.25, -0.2) is 0 Å². The zero-order valence-electron chi connectivity index (χ0n) is 10.8. The van der Waals surface area contributed by atoms with Gasteiger partial charge in [-0.15, -0.1) is 0 Å². The van der Waals surface area contributed by atoms with Gasteiger partial charge in [0.25, 0.3) is 0 Å². The first-order chi connectivity index (χ1) is 8.16. The summed E-state index contributed by atoms with van der Waals surface area (Å²) in [5.74, 6) is 0.642. The molecule has 2 aliphatic rings. The first-order valence-electron chi connectivity index (χ1n) is 6.57. The molecule has 2 rings (SSSR count). The van der Waals surface area contributed by atoms with E-state index >= 15 is 0 Å². The lowest BCUT2D eigenvalue weighted by atomic mass is 9.85. The van der Waals surface area contributed by atoms with E-state index < -0.39 is 0 Å². The van der Waals surface area contributed by atoms with Gasteiger partial charge in [0, 0.05) is 5.03 Å². The molecule has 0 aromatic carbocycles. The van der Waals surface area contributed by atoms with Crippen molar-refractivity contribution in [3.8, 4) is 0 Å². The lowest BCUT2D eigenvalue weighted by Crippen LogP contribution is -2.05. The fourth-order valence-electron chi connectivity index (χ4n) is 2.71. The minimum Gasteiger partial charge on any atom is -0.0891 e. The molecule has 0 spiro atoms. The lowest BCUT2D eigenvalue weighted by molar-refractivity contribution is 0.647. The van der Waals surface area contributed by atoms with Gasteiger partial charge in [-0.1, -0.05) is 47.9 Å². The van der Waals surface area contributed by atoms with E-state index in [1.807, 2.05) is 0 Å². The molecular formula is C16H21Cl. The number of hydrogen-bond acceptors (Lipinski definition) is 0. The third-order valence-corrected chi connectivity index (χ3v) is 4.08. The van der Waals surface area contributed by atoms with Crippen LogP contribution in [0.25, 0.3) is 0 Å². The van der Waals surface area contributed by atoms with Crippen LogP contribution in [-0.4, -0.2) is 0 Å². The fourth-order valence-corrected chi connectivity index (χ4v) is 2.87. The first-order valence-corrected chi connectivity index (χ1v) is 6.95. The molecule has 2 aliphatic carbocycles. The van der Waals surface area contributed by atoms with Gasteiger partial charge in [0.1, 0.15) is 0 Å². The highest BCUT2D eigenvalue weighted by atomic mass is 35.5. The molecule has 0 aromatic rings. The summed E-state index contributed by atoms with van der Waals surface area (Å²) in [6, 6.07) is 0. The Morgan fingerprint density at radius 2 is 2.06 bits per heavy atom. The van der Waals surface area contributed by atoms with E-state index in [9.17, 15) is 0 Å². The Kier molecular flexibility index (Phi) is 4.28. The van der Waals surface area contributed by atoms with Crippen molar-refractivity contribution in [2.45, 2.75) is 46.0 Å². The van der Waals surface area contributed by atoms with Gasteiger partial charge < -0.3 is 0 Å². The summed E-state index contributed by atoms with van der Waals surface area (Å²) in [6.45, 7) is 4.62. The number of rotatable bonds is 3. The van der Waals surface area contributed by atoms with E-state index in [1.54, 1.807) is 16.7 Å². The average Bonchev–Trinajstić information content (AvgIpc) is 2.32. The van der Waals surface area contributed by atoms with Gasteiger partial charge in [-0.2, -0.15) is 0 Å². The summed E-state index contributed by atoms with van der Waals surface area (Å²) in [6.07, 6.45) is 14.7. The molecule has 0 amide bonds. The average molecular weight is 249 g/mol. The second-order valence-corrected chi connectivity index (χ2v) is 5.71. The quantitative estimate of drug-likeness (QED) is 0.617. The fraction of sp³-hybridized carbons (Fsp3) is 0.500. The molecule has 0 fully saturated rings. The van der Waals surface area contributed by atoms with Gasteiger partial charge in [0.2, 0.25) is 0 Å². The largest absolute Gasteiger partial charge is 0.0891 e. The number of halogens is 1. The van der Waals surface area contributed by atoms with Crippen LogP contribution in [0.1, 0.15) is 46.0 Å². The maximum absolute atomic E-state index is 5.99. The summed E-state index contributed by atoms with van der Waals surface area (Å²) in [7, 11) is 0. The van der Waals surface area contributed by atoms with E-state index in [4.69, 9.17) is 11.6 Å². The van der Waals surface area contributed by atoms with Crippen LogP contribution in [-0.2, 0) is 0 Å². The highest BCUT2D eigenvalue weighted by Gasteiger charge is 2.14. The Hall–Kier alpha value is -0.750. The molecular weight excluding hydrogens is 228 g/mol. The van der Waals surface area contributed by atoms with Crippen LogP contribution in [0, 0.1) is 5.92 Å². The number of hydrogen-bond donors (Lipinski definition) is 0. The van der Waals surface area contributed by atoms with Gasteiger partial charge in [-0.05, 0) is 56.6 Å². The summed E-state index contributed by atoms with van der Waals surface area (Å²) in [5.41, 5.74) is 4.67. The molecule has 0 heterocycles. The van der Waals surface area contributed by atoms with Crippen LogP contribution in [0.5, 0.6) is 0 Å². The Balaban J connectivity index is 2.02. The maximum Gasteiger partial charge on any atom is 0.0184 e. The molecule has 0 N–H and O–H groups in total. The van der Waals surface area contributed by atoms with Crippen molar-refractivity contribution in [3.63, 3.8) is 0 Å². The summed E-state index contributed by atoms with van der Waals surface area (Å²) in [5, 5.41) is 0.995. The minimum absolute atomic E-state index is 0.642. The second-order valence-electron chi connectivity index (χ2n) is 5.22. The lowest BCUT2D eigenvalue weighted by Gasteiger charge is -2.21. The molecule has 1 heteroatoms. The van der Waals surface area contributed by atoms with Crippen molar-refractivity contribution in [2.24, 2.45) is 5.92 Å². The van der Waals surface area contributed by atoms with Crippen molar-refractivity contribution < 1.29 is 0 Å². The number of allylic oxidation sites excluding steroid dienone is 8. The topological polar surface area (TPSA) is 0 Å². The zero-order valence-corrected chi connectivity index (χ0v) is 11.6. The Bertz CT molecular complexity index is 407. The van der Waals surface area contributed by atoms with E-state index in [2.05, 4.69) is 38.2 Å². The Morgan fingerprint density at radius 3 is 2.71 bits per heavy atom. The predicted molar refractivity (Wildman–Crippen MR) is 76.1 cm³/mol. The standard InChI is InChI=1S/C16H21Cl/c1-12-5-3-4-6-16(12)13(2)11-14-7-9-15(17)10-8-14/h4,6-7,9,13H,3,5,8,10-11H2,1-2H3. The molecule has 92 valence electrons. The second kappa shape index (κ2) is 5.73. The Morgan fingerprint density at radius 1 is 1.24 bits per heavy atom. The molecule has 1 atom stereocenters. The van der Waals surface area contributed by atoms with Crippen molar-refractivity contribution in [3.05, 3.63) is 46.1 Å². The first kappa shape index (κ1) is 12.7. The van der Waals surface area contributed by atoms with Crippen LogP contribution >= 0.6 is 11.6 Å². The highest BCUT2D eigenvalue weighted by Crippen LogP contribution is 2.32. The van der Waals surface area contributed by atoms with E-state index in [1.165, 1.54) is 19.3 Å². The normalized spacial score (nSPS) is 22.3. The van der Waals surface area contributed by atoms with Crippen molar-refractivity contribution in [1.82, 2.24) is 0 Å². The van der Waals surface area contributed by atoms with Gasteiger partial charge in [-0.3, -0.25) is 0 Å². The summed E-state index contributed by atoms with van der Waals surface area (Å²) < 4.78 is 0. The third kappa shape index (κ3) is 3.35. The van der Waals surface area contributed by atoms with E-state index in [0.29, 0.717) is 5.92 Å². The van der Waals surface area contributed by atoms with E-state index in [0.717, 1.165) is 17.9 Å². The minimum atomic E-state index is 0.642. The smallest absolute Gasteiger partial charge is 0.0184 e. The predicted octanol–water partition coefficient (Wildman–Crippen LogP) is 5.52. The van der Waals surface area contributed by atoms with Gasteiger partial charge >= 0.3 is 0 Å². The molecule has 0 aliphatic heterocycles. The molecule has 17 heavy (non-hydrogen) atoms. The van der Waals surface area contributed by atoms with Crippen LogP contribution in [0.2, 0.25) is 0 Å². The van der Waals surface area contributed by atoms with Crippen LogP contribution in [0.3, 0.4) is 0 Å². The van der Waals surface area contributed by atoms with Crippen molar-refractivity contribution >= 4 is 11.6 Å². The molecule has 0 bridgehead atoms. The molecule has 0 aromatic heterocycles. The molecule has 0 radical (unpaired) electrons. The van der Waals surface area contributed by atoms with E-state index in [-0.39, 0.29) is 0 Å². The maximum atomic E-state index is 5.99. The molecule has 0 saturated carbocycles. The summed E-state index contributed by atoms with van der Waals surface area (Å²) in [4.78, 5) is 0. The third-order valence-electron chi connectivity index (χ3n) is 3.76. The van der Waals surface area contributed by atoms with Crippen LogP contribution in [0.4, 0.5) is 0 Å². The van der Waals surface area contributed by atoms with Crippen LogP contribution < -0.4 is 0 Å². The zero-order chi connectivity index (χ0) is 12.3. The van der Waals surface area contributed by atoms with Gasteiger partial charge in [0.15, 0.2) is 0 Å². The highest BCUT2D eigenvalue weighted by molar-refractivity contribution is 6.29. The Labute approximate surface area is 110 Å². The van der Waals surface area contributed by atoms with Crippen LogP contribution in [0.15, 0.2) is 46.1 Å². The molecule has 0 saturated heterocycles. The van der Waals surface area contributed by atoms with Crippen molar-refractivity contribution in [2.75, 3.05) is 0 Å². The molecule has 1 unspecified atom stereocenters. The monoisotopic (exact) mass is 248 g/mol. The summed E-state index contributed by atoms with van der Waals surface area (Å²) >= 11 is 5.99. The van der Waals surface area contributed by atoms with Crippen molar-refractivity contribution in [1.29, 1.82) is 0 Å².